The molecule has 0 fully saturated rings. The predicted molar refractivity (Wildman–Crippen MR) is 93.4 cm³/mol. The molecule has 0 radical (unpaired) electrons. The minimum atomic E-state index is -0.322. The van der Waals surface area contributed by atoms with Gasteiger partial charge in [0.05, 0.1) is 11.3 Å². The van der Waals surface area contributed by atoms with Crippen LogP contribution in [0.2, 0.25) is 5.15 Å². The number of fused-ring (bicyclic) bond motifs is 1. The van der Waals surface area contributed by atoms with E-state index in [2.05, 4.69) is 25.6 Å². The molecule has 4 aromatic rings. The van der Waals surface area contributed by atoms with Crippen LogP contribution in [-0.2, 0) is 0 Å². The molecule has 122 valence electrons. The van der Waals surface area contributed by atoms with Crippen LogP contribution in [0.1, 0.15) is 10.4 Å². The number of anilines is 1. The van der Waals surface area contributed by atoms with E-state index >= 15 is 0 Å². The average Bonchev–Trinajstić information content (AvgIpc) is 3.10. The number of hydrogen-bond acceptors (Lipinski definition) is 5. The maximum Gasteiger partial charge on any atom is 0.258 e. The Bertz CT molecular complexity index is 1080. The number of carbonyl (C=O) groups excluding carboxylic acids is 1. The van der Waals surface area contributed by atoms with Crippen molar-refractivity contribution in [2.24, 2.45) is 0 Å². The smallest absolute Gasteiger partial charge is 0.258 e. The van der Waals surface area contributed by atoms with Crippen LogP contribution in [0.3, 0.4) is 0 Å². The summed E-state index contributed by atoms with van der Waals surface area (Å²) in [5.74, 6) is -0.322. The van der Waals surface area contributed by atoms with Gasteiger partial charge in [0, 0.05) is 17.4 Å². The first-order valence-corrected chi connectivity index (χ1v) is 7.78. The SMILES string of the molecule is O=C(Nc1cccc(-c2ccc3nncn3n2)c1)c1cccnc1Cl. The van der Waals surface area contributed by atoms with Gasteiger partial charge in [0.25, 0.3) is 5.91 Å². The molecule has 0 saturated carbocycles. The van der Waals surface area contributed by atoms with Gasteiger partial charge >= 0.3 is 0 Å². The minimum Gasteiger partial charge on any atom is -0.322 e. The first-order valence-electron chi connectivity index (χ1n) is 7.40. The zero-order chi connectivity index (χ0) is 17.2. The van der Waals surface area contributed by atoms with E-state index in [0.29, 0.717) is 16.9 Å². The molecule has 4 rings (SSSR count). The summed E-state index contributed by atoms with van der Waals surface area (Å²) in [4.78, 5) is 16.3. The van der Waals surface area contributed by atoms with E-state index in [1.165, 1.54) is 12.5 Å². The molecule has 1 aromatic carbocycles. The van der Waals surface area contributed by atoms with Gasteiger partial charge in [0.1, 0.15) is 11.5 Å². The van der Waals surface area contributed by atoms with Crippen molar-refractivity contribution in [3.8, 4) is 11.3 Å². The van der Waals surface area contributed by atoms with Crippen LogP contribution in [0.5, 0.6) is 0 Å². The van der Waals surface area contributed by atoms with E-state index in [1.807, 2.05) is 30.3 Å². The third-order valence-corrected chi connectivity index (χ3v) is 3.88. The number of aromatic nitrogens is 5. The van der Waals surface area contributed by atoms with Crippen LogP contribution >= 0.6 is 11.6 Å². The quantitative estimate of drug-likeness (QED) is 0.574. The number of pyridine rings is 1. The van der Waals surface area contributed by atoms with Gasteiger partial charge in [-0.25, -0.2) is 4.98 Å². The summed E-state index contributed by atoms with van der Waals surface area (Å²) < 4.78 is 1.59. The predicted octanol–water partition coefficient (Wildman–Crippen LogP) is 3.09. The van der Waals surface area contributed by atoms with Crippen LogP contribution in [-0.4, -0.2) is 30.7 Å². The fourth-order valence-corrected chi connectivity index (χ4v) is 2.60. The highest BCUT2D eigenvalue weighted by Gasteiger charge is 2.11. The molecular weight excluding hydrogens is 340 g/mol. The lowest BCUT2D eigenvalue weighted by Crippen LogP contribution is -2.12. The Balaban J connectivity index is 1.63. The molecular formula is C17H11ClN6O. The molecule has 3 heterocycles. The lowest BCUT2D eigenvalue weighted by atomic mass is 10.1. The Kier molecular flexibility index (Phi) is 3.83. The highest BCUT2D eigenvalue weighted by molar-refractivity contribution is 6.33. The lowest BCUT2D eigenvalue weighted by molar-refractivity contribution is 0.102. The van der Waals surface area contributed by atoms with Gasteiger partial charge in [-0.05, 0) is 36.4 Å². The van der Waals surface area contributed by atoms with Crippen molar-refractivity contribution < 1.29 is 4.79 Å². The highest BCUT2D eigenvalue weighted by Crippen LogP contribution is 2.22. The summed E-state index contributed by atoms with van der Waals surface area (Å²) in [5.41, 5.74) is 3.21. The molecule has 0 spiro atoms. The molecule has 0 aliphatic rings. The number of nitrogens with one attached hydrogen (secondary N) is 1. The van der Waals surface area contributed by atoms with Crippen molar-refractivity contribution in [1.29, 1.82) is 0 Å². The number of halogens is 1. The van der Waals surface area contributed by atoms with E-state index in [9.17, 15) is 4.79 Å². The zero-order valence-corrected chi connectivity index (χ0v) is 13.6. The summed E-state index contributed by atoms with van der Waals surface area (Å²) in [6.07, 6.45) is 3.07. The summed E-state index contributed by atoms with van der Waals surface area (Å²) in [5, 5.41) is 15.2. The first-order chi connectivity index (χ1) is 12.2. The van der Waals surface area contributed by atoms with Crippen molar-refractivity contribution in [2.75, 3.05) is 5.32 Å². The largest absolute Gasteiger partial charge is 0.322 e. The zero-order valence-electron chi connectivity index (χ0n) is 12.8. The lowest BCUT2D eigenvalue weighted by Gasteiger charge is -2.08. The van der Waals surface area contributed by atoms with E-state index < -0.39 is 0 Å². The van der Waals surface area contributed by atoms with Crippen LogP contribution in [0.4, 0.5) is 5.69 Å². The third-order valence-electron chi connectivity index (χ3n) is 3.58. The number of rotatable bonds is 3. The number of benzene rings is 1. The standard InChI is InChI=1S/C17H11ClN6O/c18-16-13(5-2-8-19-16)17(25)21-12-4-1-3-11(9-12)14-6-7-15-22-20-10-24(15)23-14/h1-10H,(H,21,25). The van der Waals surface area contributed by atoms with Gasteiger partial charge in [-0.1, -0.05) is 23.7 Å². The highest BCUT2D eigenvalue weighted by atomic mass is 35.5. The molecule has 0 saturated heterocycles. The Morgan fingerprint density at radius 1 is 1.12 bits per heavy atom. The van der Waals surface area contributed by atoms with Crippen molar-refractivity contribution in [3.05, 3.63) is 71.8 Å². The summed E-state index contributed by atoms with van der Waals surface area (Å²) in [7, 11) is 0. The van der Waals surface area contributed by atoms with E-state index in [0.717, 1.165) is 11.3 Å². The maximum atomic E-state index is 12.4. The molecule has 25 heavy (non-hydrogen) atoms. The number of carbonyl (C=O) groups is 1. The van der Waals surface area contributed by atoms with E-state index in [4.69, 9.17) is 11.6 Å². The Hall–Kier alpha value is -3.32. The van der Waals surface area contributed by atoms with E-state index in [-0.39, 0.29) is 11.1 Å². The summed E-state index contributed by atoms with van der Waals surface area (Å²) in [6.45, 7) is 0. The Labute approximate surface area is 147 Å². The molecule has 8 heteroatoms. The first kappa shape index (κ1) is 15.2. The van der Waals surface area contributed by atoms with Crippen LogP contribution in [0.15, 0.2) is 61.1 Å². The monoisotopic (exact) mass is 350 g/mol. The molecule has 0 aliphatic carbocycles. The van der Waals surface area contributed by atoms with Gasteiger partial charge in [-0.3, -0.25) is 4.79 Å². The van der Waals surface area contributed by atoms with Gasteiger partial charge in [0.2, 0.25) is 0 Å². The molecule has 0 aliphatic heterocycles. The molecule has 7 nitrogen and oxygen atoms in total. The molecule has 1 N–H and O–H groups in total. The van der Waals surface area contributed by atoms with Gasteiger partial charge in [0.15, 0.2) is 5.65 Å². The number of nitrogens with zero attached hydrogens (tertiary/aromatic N) is 5. The van der Waals surface area contributed by atoms with Gasteiger partial charge in [-0.2, -0.15) is 9.61 Å². The van der Waals surface area contributed by atoms with Crippen LogP contribution in [0, 0.1) is 0 Å². The second-order valence-corrected chi connectivity index (χ2v) is 5.59. The van der Waals surface area contributed by atoms with Crippen molar-refractivity contribution in [2.45, 2.75) is 0 Å². The van der Waals surface area contributed by atoms with Gasteiger partial charge in [-0.15, -0.1) is 10.2 Å². The van der Waals surface area contributed by atoms with Crippen LogP contribution in [0.25, 0.3) is 16.9 Å². The van der Waals surface area contributed by atoms with E-state index in [1.54, 1.807) is 22.7 Å². The molecule has 0 atom stereocenters. The fraction of sp³-hybridized carbons (Fsp3) is 0. The second kappa shape index (κ2) is 6.29. The topological polar surface area (TPSA) is 85.1 Å². The third kappa shape index (κ3) is 3.05. The maximum absolute atomic E-state index is 12.4. The summed E-state index contributed by atoms with van der Waals surface area (Å²) >= 11 is 5.96. The Morgan fingerprint density at radius 3 is 2.92 bits per heavy atom. The van der Waals surface area contributed by atoms with Gasteiger partial charge < -0.3 is 5.32 Å². The molecule has 1 amide bonds. The number of hydrogen-bond donors (Lipinski definition) is 1. The van der Waals surface area contributed by atoms with Crippen molar-refractivity contribution in [3.63, 3.8) is 0 Å². The Morgan fingerprint density at radius 2 is 2.04 bits per heavy atom. The fourth-order valence-electron chi connectivity index (χ4n) is 2.39. The number of amides is 1. The average molecular weight is 351 g/mol. The van der Waals surface area contributed by atoms with Crippen molar-refractivity contribution >= 4 is 28.8 Å². The van der Waals surface area contributed by atoms with Crippen LogP contribution < -0.4 is 5.32 Å². The normalized spacial score (nSPS) is 10.8. The minimum absolute atomic E-state index is 0.163. The molecule has 3 aromatic heterocycles. The molecule has 0 unspecified atom stereocenters. The van der Waals surface area contributed by atoms with Crippen molar-refractivity contribution in [1.82, 2.24) is 24.8 Å². The summed E-state index contributed by atoms with van der Waals surface area (Å²) in [6, 6.07) is 14.3. The molecule has 0 bridgehead atoms. The second-order valence-electron chi connectivity index (χ2n) is 5.23.